The largest absolute Gasteiger partial charge is 0.374 e. The van der Waals surface area contributed by atoms with Crippen molar-refractivity contribution >= 4 is 5.91 Å². The summed E-state index contributed by atoms with van der Waals surface area (Å²) in [5, 5.41) is 3.22. The van der Waals surface area contributed by atoms with Crippen molar-refractivity contribution in [2.75, 3.05) is 33.3 Å². The molecule has 1 heterocycles. The molecule has 1 amide bonds. The van der Waals surface area contributed by atoms with E-state index in [0.717, 1.165) is 19.7 Å². The minimum absolute atomic E-state index is 0.0872. The number of nitrogens with zero attached hydrogens (tertiary/aromatic N) is 1. The molecule has 4 nitrogen and oxygen atoms in total. The van der Waals surface area contributed by atoms with Crippen LogP contribution in [0.25, 0.3) is 0 Å². The second kappa shape index (κ2) is 4.42. The van der Waals surface area contributed by atoms with E-state index in [4.69, 9.17) is 4.74 Å². The molecule has 70 valence electrons. The van der Waals surface area contributed by atoms with Crippen molar-refractivity contribution < 1.29 is 9.53 Å². The van der Waals surface area contributed by atoms with Crippen LogP contribution >= 0.6 is 0 Å². The van der Waals surface area contributed by atoms with Gasteiger partial charge in [-0.05, 0) is 0 Å². The highest BCUT2D eigenvalue weighted by atomic mass is 16.5. The van der Waals surface area contributed by atoms with Crippen molar-refractivity contribution in [1.82, 2.24) is 10.2 Å². The number of rotatable bonds is 2. The Kier molecular flexibility index (Phi) is 3.49. The average Bonchev–Trinajstić information content (AvgIpc) is 2.06. The van der Waals surface area contributed by atoms with Gasteiger partial charge in [0.2, 0.25) is 5.91 Å². The third-order valence-electron chi connectivity index (χ3n) is 2.02. The predicted octanol–water partition coefficient (Wildman–Crippen LogP) is -0.547. The van der Waals surface area contributed by atoms with Crippen LogP contribution in [0.4, 0.5) is 0 Å². The standard InChI is InChI=1S/C8H16N2O2/c1-7(11)10(2)6-8-5-9-3-4-12-8/h8-9H,3-6H2,1-2H3/t8-/m0/s1. The highest BCUT2D eigenvalue weighted by molar-refractivity contribution is 5.72. The second-order valence-corrected chi connectivity index (χ2v) is 3.10. The van der Waals surface area contributed by atoms with Gasteiger partial charge in [-0.1, -0.05) is 0 Å². The SMILES string of the molecule is CC(=O)N(C)C[C@@H]1CNCCO1. The van der Waals surface area contributed by atoms with Gasteiger partial charge in [0, 0.05) is 33.6 Å². The van der Waals surface area contributed by atoms with Crippen LogP contribution in [0.5, 0.6) is 0 Å². The number of amides is 1. The maximum atomic E-state index is 10.9. The molecule has 1 aliphatic heterocycles. The Balaban J connectivity index is 2.24. The fraction of sp³-hybridized carbons (Fsp3) is 0.875. The Morgan fingerprint density at radius 3 is 3.00 bits per heavy atom. The summed E-state index contributed by atoms with van der Waals surface area (Å²) in [6.45, 7) is 4.76. The average molecular weight is 172 g/mol. The molecule has 0 aliphatic carbocycles. The topological polar surface area (TPSA) is 41.6 Å². The quantitative estimate of drug-likeness (QED) is 0.608. The van der Waals surface area contributed by atoms with Crippen molar-refractivity contribution in [2.45, 2.75) is 13.0 Å². The number of carbonyl (C=O) groups is 1. The molecule has 1 fully saturated rings. The van der Waals surface area contributed by atoms with E-state index in [0.29, 0.717) is 6.54 Å². The second-order valence-electron chi connectivity index (χ2n) is 3.10. The molecule has 0 spiro atoms. The van der Waals surface area contributed by atoms with Gasteiger partial charge in [0.05, 0.1) is 12.7 Å². The molecule has 1 N–H and O–H groups in total. The molecule has 12 heavy (non-hydrogen) atoms. The number of ether oxygens (including phenoxy) is 1. The monoisotopic (exact) mass is 172 g/mol. The fourth-order valence-corrected chi connectivity index (χ4v) is 1.17. The summed E-state index contributed by atoms with van der Waals surface area (Å²) in [7, 11) is 1.79. The summed E-state index contributed by atoms with van der Waals surface area (Å²) in [6, 6.07) is 0. The Hall–Kier alpha value is -0.610. The molecule has 0 radical (unpaired) electrons. The van der Waals surface area contributed by atoms with Gasteiger partial charge in [-0.25, -0.2) is 0 Å². The Labute approximate surface area is 72.9 Å². The number of nitrogens with one attached hydrogen (secondary N) is 1. The maximum absolute atomic E-state index is 10.9. The molecule has 0 saturated carbocycles. The smallest absolute Gasteiger partial charge is 0.219 e. The van der Waals surface area contributed by atoms with Crippen LogP contribution in [0.2, 0.25) is 0 Å². The molecule has 1 aliphatic rings. The highest BCUT2D eigenvalue weighted by Gasteiger charge is 2.16. The number of carbonyl (C=O) groups excluding carboxylic acids is 1. The lowest BCUT2D eigenvalue weighted by Gasteiger charge is -2.27. The Morgan fingerprint density at radius 1 is 1.75 bits per heavy atom. The first kappa shape index (κ1) is 9.48. The van der Waals surface area contributed by atoms with Crippen molar-refractivity contribution in [1.29, 1.82) is 0 Å². The van der Waals surface area contributed by atoms with E-state index >= 15 is 0 Å². The summed E-state index contributed by atoms with van der Waals surface area (Å²) < 4.78 is 5.44. The van der Waals surface area contributed by atoms with E-state index in [2.05, 4.69) is 5.32 Å². The predicted molar refractivity (Wildman–Crippen MR) is 45.9 cm³/mol. The van der Waals surface area contributed by atoms with Crippen molar-refractivity contribution in [3.63, 3.8) is 0 Å². The number of hydrogen-bond acceptors (Lipinski definition) is 3. The minimum atomic E-state index is 0.0872. The van der Waals surface area contributed by atoms with Crippen LogP contribution < -0.4 is 5.32 Å². The first-order valence-electron chi connectivity index (χ1n) is 4.24. The van der Waals surface area contributed by atoms with Gasteiger partial charge < -0.3 is 15.0 Å². The minimum Gasteiger partial charge on any atom is -0.374 e. The molecule has 1 rings (SSSR count). The summed E-state index contributed by atoms with van der Waals surface area (Å²) in [5.41, 5.74) is 0. The molecule has 1 saturated heterocycles. The molecule has 4 heteroatoms. The highest BCUT2D eigenvalue weighted by Crippen LogP contribution is 1.98. The Morgan fingerprint density at radius 2 is 2.50 bits per heavy atom. The van der Waals surface area contributed by atoms with Crippen LogP contribution in [0.3, 0.4) is 0 Å². The molecule has 0 aromatic rings. The molecular formula is C8H16N2O2. The lowest BCUT2D eigenvalue weighted by molar-refractivity contribution is -0.129. The summed E-state index contributed by atoms with van der Waals surface area (Å²) >= 11 is 0. The van der Waals surface area contributed by atoms with Crippen LogP contribution in [0.15, 0.2) is 0 Å². The zero-order valence-corrected chi connectivity index (χ0v) is 7.67. The van der Waals surface area contributed by atoms with Gasteiger partial charge in [-0.15, -0.1) is 0 Å². The van der Waals surface area contributed by atoms with E-state index in [1.807, 2.05) is 0 Å². The summed E-state index contributed by atoms with van der Waals surface area (Å²) in [5.74, 6) is 0.0872. The zero-order chi connectivity index (χ0) is 8.97. The van der Waals surface area contributed by atoms with Gasteiger partial charge in [-0.3, -0.25) is 4.79 Å². The van der Waals surface area contributed by atoms with Gasteiger partial charge in [0.15, 0.2) is 0 Å². The van der Waals surface area contributed by atoms with Crippen LogP contribution in [0, 0.1) is 0 Å². The first-order valence-corrected chi connectivity index (χ1v) is 4.24. The van der Waals surface area contributed by atoms with Crippen molar-refractivity contribution in [3.8, 4) is 0 Å². The first-order chi connectivity index (χ1) is 5.70. The van der Waals surface area contributed by atoms with Crippen molar-refractivity contribution in [2.24, 2.45) is 0 Å². The van der Waals surface area contributed by atoms with Crippen LogP contribution in [-0.2, 0) is 9.53 Å². The Bertz CT molecular complexity index is 155. The zero-order valence-electron chi connectivity index (χ0n) is 7.67. The van der Waals surface area contributed by atoms with Gasteiger partial charge in [0.25, 0.3) is 0 Å². The molecule has 1 atom stereocenters. The van der Waals surface area contributed by atoms with E-state index in [1.54, 1.807) is 18.9 Å². The summed E-state index contributed by atoms with van der Waals surface area (Å²) in [4.78, 5) is 12.5. The normalized spacial score (nSPS) is 23.7. The molecule has 0 bridgehead atoms. The molecule has 0 aromatic carbocycles. The lowest BCUT2D eigenvalue weighted by Crippen LogP contribution is -2.45. The van der Waals surface area contributed by atoms with E-state index < -0.39 is 0 Å². The maximum Gasteiger partial charge on any atom is 0.219 e. The fourth-order valence-electron chi connectivity index (χ4n) is 1.17. The third-order valence-corrected chi connectivity index (χ3v) is 2.02. The molecular weight excluding hydrogens is 156 g/mol. The number of likely N-dealkylation sites (N-methyl/N-ethyl adjacent to an activating group) is 1. The lowest BCUT2D eigenvalue weighted by atomic mass is 10.3. The number of morpholine rings is 1. The molecule has 0 unspecified atom stereocenters. The van der Waals surface area contributed by atoms with Crippen LogP contribution in [0.1, 0.15) is 6.92 Å². The van der Waals surface area contributed by atoms with Crippen molar-refractivity contribution in [3.05, 3.63) is 0 Å². The summed E-state index contributed by atoms with van der Waals surface area (Å²) in [6.07, 6.45) is 0.160. The van der Waals surface area contributed by atoms with Gasteiger partial charge in [0.1, 0.15) is 0 Å². The van der Waals surface area contributed by atoms with E-state index in [1.165, 1.54) is 0 Å². The van der Waals surface area contributed by atoms with Gasteiger partial charge >= 0.3 is 0 Å². The third kappa shape index (κ3) is 2.79. The van der Waals surface area contributed by atoms with Gasteiger partial charge in [-0.2, -0.15) is 0 Å². The van der Waals surface area contributed by atoms with E-state index in [-0.39, 0.29) is 12.0 Å². The van der Waals surface area contributed by atoms with Crippen LogP contribution in [-0.4, -0.2) is 50.2 Å². The number of hydrogen-bond donors (Lipinski definition) is 1. The van der Waals surface area contributed by atoms with E-state index in [9.17, 15) is 4.79 Å². The molecule has 0 aromatic heterocycles.